The van der Waals surface area contributed by atoms with Crippen LogP contribution >= 0.6 is 0 Å². The Hall–Kier alpha value is -3.48. The molecule has 7 heteroatoms. The van der Waals surface area contributed by atoms with E-state index in [2.05, 4.69) is 15.8 Å². The van der Waals surface area contributed by atoms with Gasteiger partial charge in [-0.3, -0.25) is 4.79 Å². The van der Waals surface area contributed by atoms with Crippen molar-refractivity contribution >= 4 is 23.1 Å². The molecule has 4 rings (SSSR count). The lowest BCUT2D eigenvalue weighted by atomic mass is 10.2. The topological polar surface area (TPSA) is 85.6 Å². The summed E-state index contributed by atoms with van der Waals surface area (Å²) in [5, 5.41) is 9.84. The van der Waals surface area contributed by atoms with E-state index in [0.717, 1.165) is 11.4 Å². The highest BCUT2D eigenvalue weighted by molar-refractivity contribution is 6.04. The number of amides is 1. The Balaban J connectivity index is 1.43. The van der Waals surface area contributed by atoms with Crippen LogP contribution in [0.3, 0.4) is 0 Å². The summed E-state index contributed by atoms with van der Waals surface area (Å²) in [6.45, 7) is 2.01. The Labute approximate surface area is 143 Å². The predicted octanol–water partition coefficient (Wildman–Crippen LogP) is 3.71. The molecule has 1 aromatic heterocycles. The molecule has 2 N–H and O–H groups in total. The summed E-state index contributed by atoms with van der Waals surface area (Å²) < 4.78 is 15.5. The highest BCUT2D eigenvalue weighted by Crippen LogP contribution is 2.32. The summed E-state index contributed by atoms with van der Waals surface area (Å²) in [5.41, 5.74) is 2.03. The number of nitrogens with one attached hydrogen (secondary N) is 2. The molecule has 25 heavy (non-hydrogen) atoms. The molecule has 0 fully saturated rings. The second kappa shape index (κ2) is 6.20. The van der Waals surface area contributed by atoms with Gasteiger partial charge in [-0.15, -0.1) is 0 Å². The molecule has 0 saturated heterocycles. The number of carbonyl (C=O) groups excluding carboxylic acids is 1. The molecule has 0 spiro atoms. The van der Waals surface area contributed by atoms with Gasteiger partial charge in [-0.2, -0.15) is 0 Å². The average molecular weight is 337 g/mol. The van der Waals surface area contributed by atoms with Crippen molar-refractivity contribution in [3.05, 3.63) is 59.9 Å². The zero-order valence-electron chi connectivity index (χ0n) is 13.4. The first kappa shape index (κ1) is 15.1. The average Bonchev–Trinajstić information content (AvgIpc) is 3.24. The number of rotatable bonds is 4. The van der Waals surface area contributed by atoms with Crippen LogP contribution in [0, 0.1) is 6.92 Å². The minimum atomic E-state index is -0.217. The lowest BCUT2D eigenvalue weighted by Gasteiger charge is -2.07. The monoisotopic (exact) mass is 337 g/mol. The van der Waals surface area contributed by atoms with Crippen LogP contribution in [-0.2, 0) is 0 Å². The van der Waals surface area contributed by atoms with Gasteiger partial charge in [-0.1, -0.05) is 5.16 Å². The summed E-state index contributed by atoms with van der Waals surface area (Å²) in [5.74, 6) is 2.38. The van der Waals surface area contributed by atoms with Gasteiger partial charge >= 0.3 is 0 Å². The SMILES string of the molecule is Cc1cc(Nc2ccc(NC(=O)c3ccc4c(c3)OCO4)cc2)no1. The maximum atomic E-state index is 12.3. The van der Waals surface area contributed by atoms with Crippen molar-refractivity contribution in [1.29, 1.82) is 0 Å². The van der Waals surface area contributed by atoms with Crippen molar-refractivity contribution in [2.24, 2.45) is 0 Å². The third-order valence-corrected chi connectivity index (χ3v) is 3.68. The molecule has 0 radical (unpaired) electrons. The lowest BCUT2D eigenvalue weighted by Crippen LogP contribution is -2.11. The summed E-state index contributed by atoms with van der Waals surface area (Å²) in [7, 11) is 0. The second-order valence-corrected chi connectivity index (χ2v) is 5.55. The van der Waals surface area contributed by atoms with Crippen molar-refractivity contribution in [2.75, 3.05) is 17.4 Å². The number of aromatic nitrogens is 1. The largest absolute Gasteiger partial charge is 0.454 e. The minimum absolute atomic E-state index is 0.180. The molecule has 0 saturated carbocycles. The molecule has 2 heterocycles. The normalized spacial score (nSPS) is 12.0. The van der Waals surface area contributed by atoms with Gasteiger partial charge in [0.15, 0.2) is 17.3 Å². The third-order valence-electron chi connectivity index (χ3n) is 3.68. The van der Waals surface area contributed by atoms with Crippen LogP contribution in [-0.4, -0.2) is 17.9 Å². The Morgan fingerprint density at radius 2 is 1.76 bits per heavy atom. The molecule has 126 valence electrons. The van der Waals surface area contributed by atoms with Crippen LogP contribution in [0.5, 0.6) is 11.5 Å². The number of fused-ring (bicyclic) bond motifs is 1. The molecule has 0 unspecified atom stereocenters. The van der Waals surface area contributed by atoms with Gasteiger partial charge in [0.2, 0.25) is 6.79 Å². The van der Waals surface area contributed by atoms with Crippen molar-refractivity contribution in [3.8, 4) is 11.5 Å². The van der Waals surface area contributed by atoms with Crippen LogP contribution in [0.4, 0.5) is 17.2 Å². The van der Waals surface area contributed by atoms with Gasteiger partial charge in [-0.05, 0) is 49.4 Å². The fraction of sp³-hybridized carbons (Fsp3) is 0.111. The molecular formula is C18H15N3O4. The smallest absolute Gasteiger partial charge is 0.255 e. The summed E-state index contributed by atoms with van der Waals surface area (Å²) in [6, 6.07) is 14.2. The number of hydrogen-bond donors (Lipinski definition) is 2. The summed E-state index contributed by atoms with van der Waals surface area (Å²) in [4.78, 5) is 12.3. The zero-order valence-corrected chi connectivity index (χ0v) is 13.4. The number of ether oxygens (including phenoxy) is 2. The Bertz CT molecular complexity index is 918. The number of anilines is 3. The fourth-order valence-corrected chi connectivity index (χ4v) is 2.45. The van der Waals surface area contributed by atoms with E-state index in [9.17, 15) is 4.79 Å². The Kier molecular flexibility index (Phi) is 3.74. The van der Waals surface area contributed by atoms with Gasteiger partial charge in [0.05, 0.1) is 0 Å². The Morgan fingerprint density at radius 1 is 1.00 bits per heavy atom. The Morgan fingerprint density at radius 3 is 2.52 bits per heavy atom. The van der Waals surface area contributed by atoms with E-state index in [-0.39, 0.29) is 12.7 Å². The molecular weight excluding hydrogens is 322 g/mol. The van der Waals surface area contributed by atoms with Crippen LogP contribution in [0.1, 0.15) is 16.1 Å². The van der Waals surface area contributed by atoms with Crippen molar-refractivity contribution in [3.63, 3.8) is 0 Å². The molecule has 0 bridgehead atoms. The number of hydrogen-bond acceptors (Lipinski definition) is 6. The van der Waals surface area contributed by atoms with Gasteiger partial charge < -0.3 is 24.6 Å². The van der Waals surface area contributed by atoms with Gasteiger partial charge in [0.1, 0.15) is 5.76 Å². The third kappa shape index (κ3) is 3.25. The molecule has 1 aliphatic heterocycles. The molecule has 0 atom stereocenters. The van der Waals surface area contributed by atoms with Gasteiger partial charge in [-0.25, -0.2) is 0 Å². The van der Waals surface area contributed by atoms with E-state index in [1.54, 1.807) is 36.4 Å². The summed E-state index contributed by atoms with van der Waals surface area (Å²) in [6.07, 6.45) is 0. The van der Waals surface area contributed by atoms with Gasteiger partial charge in [0.25, 0.3) is 5.91 Å². The summed E-state index contributed by atoms with van der Waals surface area (Å²) >= 11 is 0. The fourth-order valence-electron chi connectivity index (χ4n) is 2.45. The number of nitrogens with zero attached hydrogens (tertiary/aromatic N) is 1. The van der Waals surface area contributed by atoms with Crippen LogP contribution in [0.25, 0.3) is 0 Å². The molecule has 0 aliphatic carbocycles. The van der Waals surface area contributed by atoms with E-state index in [0.29, 0.717) is 28.6 Å². The van der Waals surface area contributed by atoms with Crippen molar-refractivity contribution in [2.45, 2.75) is 6.92 Å². The first-order chi connectivity index (χ1) is 12.2. The van der Waals surface area contributed by atoms with Crippen LogP contribution in [0.15, 0.2) is 53.1 Å². The molecule has 2 aromatic carbocycles. The minimum Gasteiger partial charge on any atom is -0.454 e. The van der Waals surface area contributed by atoms with Crippen molar-refractivity contribution < 1.29 is 18.8 Å². The molecule has 1 aliphatic rings. The maximum absolute atomic E-state index is 12.3. The predicted molar refractivity (Wildman–Crippen MR) is 91.5 cm³/mol. The van der Waals surface area contributed by atoms with E-state index in [1.165, 1.54) is 0 Å². The van der Waals surface area contributed by atoms with E-state index in [4.69, 9.17) is 14.0 Å². The molecule has 1 amide bonds. The maximum Gasteiger partial charge on any atom is 0.255 e. The second-order valence-electron chi connectivity index (χ2n) is 5.55. The van der Waals surface area contributed by atoms with Gasteiger partial charge in [0, 0.05) is 23.0 Å². The quantitative estimate of drug-likeness (QED) is 0.755. The van der Waals surface area contributed by atoms with Crippen LogP contribution in [0.2, 0.25) is 0 Å². The zero-order chi connectivity index (χ0) is 17.2. The van der Waals surface area contributed by atoms with E-state index in [1.807, 2.05) is 19.1 Å². The van der Waals surface area contributed by atoms with Crippen LogP contribution < -0.4 is 20.1 Å². The lowest BCUT2D eigenvalue weighted by molar-refractivity contribution is 0.102. The van der Waals surface area contributed by atoms with Crippen molar-refractivity contribution in [1.82, 2.24) is 5.16 Å². The number of carbonyl (C=O) groups is 1. The highest BCUT2D eigenvalue weighted by atomic mass is 16.7. The molecule has 7 nitrogen and oxygen atoms in total. The molecule has 3 aromatic rings. The first-order valence-corrected chi connectivity index (χ1v) is 7.69. The first-order valence-electron chi connectivity index (χ1n) is 7.69. The number of benzene rings is 2. The number of aryl methyl sites for hydroxylation is 1. The van der Waals surface area contributed by atoms with E-state index < -0.39 is 0 Å². The van der Waals surface area contributed by atoms with E-state index >= 15 is 0 Å². The standard InChI is InChI=1S/C18H15N3O4/c1-11-8-17(21-25-11)19-13-3-5-14(6-4-13)20-18(22)12-2-7-15-16(9-12)24-10-23-15/h2-9H,10H2,1H3,(H,19,21)(H,20,22). The highest BCUT2D eigenvalue weighted by Gasteiger charge is 2.16.